The van der Waals surface area contributed by atoms with Crippen molar-refractivity contribution < 1.29 is 14.6 Å². The Balaban J connectivity index is 1.72. The van der Waals surface area contributed by atoms with Gasteiger partial charge in [-0.3, -0.25) is 4.90 Å². The van der Waals surface area contributed by atoms with Crippen LogP contribution in [0.1, 0.15) is 12.8 Å². The second-order valence-electron chi connectivity index (χ2n) is 6.02. The summed E-state index contributed by atoms with van der Waals surface area (Å²) in [6.07, 6.45) is 4.57. The minimum Gasteiger partial charge on any atom is -0.381 e. The third-order valence-electron chi connectivity index (χ3n) is 4.49. The maximum absolute atomic E-state index is 9.64. The monoisotopic (exact) mass is 339 g/mol. The summed E-state index contributed by atoms with van der Waals surface area (Å²) in [5, 5.41) is 9.64. The van der Waals surface area contributed by atoms with E-state index in [-0.39, 0.29) is 0 Å². The predicted octanol–water partition coefficient (Wildman–Crippen LogP) is 0.165. The normalized spacial score (nSPS) is 22.4. The number of piperazine rings is 1. The molecular weight excluding hydrogens is 310 g/mol. The number of hydrogen-bond donors (Lipinski definition) is 1. The van der Waals surface area contributed by atoms with Crippen LogP contribution in [0.2, 0.25) is 0 Å². The van der Waals surface area contributed by atoms with Crippen molar-refractivity contribution in [3.8, 4) is 0 Å². The molecular formula is C16H29N5O3. The van der Waals surface area contributed by atoms with Crippen molar-refractivity contribution in [3.05, 3.63) is 12.4 Å². The summed E-state index contributed by atoms with van der Waals surface area (Å²) in [6, 6.07) is 0.486. The summed E-state index contributed by atoms with van der Waals surface area (Å²) in [5.74, 6) is 0.687. The molecule has 1 N–H and O–H groups in total. The van der Waals surface area contributed by atoms with E-state index in [1.807, 2.05) is 11.9 Å². The van der Waals surface area contributed by atoms with E-state index >= 15 is 0 Å². The van der Waals surface area contributed by atoms with Crippen molar-refractivity contribution in [2.45, 2.75) is 25.3 Å². The summed E-state index contributed by atoms with van der Waals surface area (Å²) in [6.45, 7) is 8.54. The average molecular weight is 339 g/mol. The SMILES string of the molecule is C=C(N=CN=CN(C)C1CCOCC1)N1CCN(C(O)OC)CC1. The predicted molar refractivity (Wildman–Crippen MR) is 93.9 cm³/mol. The Labute approximate surface area is 144 Å². The van der Waals surface area contributed by atoms with Gasteiger partial charge in [0.05, 0.1) is 6.34 Å². The molecule has 0 bridgehead atoms. The highest BCUT2D eigenvalue weighted by molar-refractivity contribution is 5.71. The highest BCUT2D eigenvalue weighted by Crippen LogP contribution is 2.12. The second-order valence-corrected chi connectivity index (χ2v) is 6.02. The van der Waals surface area contributed by atoms with Gasteiger partial charge in [0, 0.05) is 59.6 Å². The van der Waals surface area contributed by atoms with E-state index in [0.717, 1.165) is 39.1 Å². The Kier molecular flexibility index (Phi) is 7.64. The van der Waals surface area contributed by atoms with Crippen molar-refractivity contribution in [2.24, 2.45) is 9.98 Å². The fourth-order valence-corrected chi connectivity index (χ4v) is 2.85. The fraction of sp³-hybridized carbons (Fsp3) is 0.750. The summed E-state index contributed by atoms with van der Waals surface area (Å²) in [4.78, 5) is 14.6. The van der Waals surface area contributed by atoms with Crippen LogP contribution < -0.4 is 0 Å². The molecule has 0 radical (unpaired) electrons. The van der Waals surface area contributed by atoms with Crippen LogP contribution in [0.5, 0.6) is 0 Å². The number of nitrogens with zero attached hydrogens (tertiary/aromatic N) is 5. The molecule has 2 rings (SSSR count). The van der Waals surface area contributed by atoms with Crippen LogP contribution in [-0.2, 0) is 9.47 Å². The van der Waals surface area contributed by atoms with E-state index in [1.165, 1.54) is 13.4 Å². The topological polar surface area (TPSA) is 73.1 Å². The van der Waals surface area contributed by atoms with Gasteiger partial charge in [-0.1, -0.05) is 6.58 Å². The molecule has 0 aromatic heterocycles. The molecule has 24 heavy (non-hydrogen) atoms. The summed E-state index contributed by atoms with van der Waals surface area (Å²) in [5.41, 5.74) is 0. The summed E-state index contributed by atoms with van der Waals surface area (Å²) in [7, 11) is 3.53. The highest BCUT2D eigenvalue weighted by atomic mass is 16.6. The molecule has 0 spiro atoms. The quantitative estimate of drug-likeness (QED) is 0.405. The van der Waals surface area contributed by atoms with Gasteiger partial charge in [0.1, 0.15) is 12.2 Å². The first-order valence-corrected chi connectivity index (χ1v) is 8.36. The number of methoxy groups -OCH3 is 1. The van der Waals surface area contributed by atoms with Crippen LogP contribution >= 0.6 is 0 Å². The highest BCUT2D eigenvalue weighted by Gasteiger charge is 2.22. The van der Waals surface area contributed by atoms with Crippen molar-refractivity contribution >= 4 is 12.7 Å². The van der Waals surface area contributed by atoms with E-state index in [2.05, 4.69) is 26.4 Å². The average Bonchev–Trinajstić information content (AvgIpc) is 2.65. The standard InChI is InChI=1S/C16H29N5O3/c1-14(20-6-8-21(9-7-20)16(22)23-3)18-12-17-13-19(2)15-4-10-24-11-5-15/h12-13,15-16,22H,1,4-11H2,2-3H3. The smallest absolute Gasteiger partial charge is 0.215 e. The minimum absolute atomic E-state index is 0.486. The zero-order valence-electron chi connectivity index (χ0n) is 14.7. The fourth-order valence-electron chi connectivity index (χ4n) is 2.85. The van der Waals surface area contributed by atoms with E-state index in [9.17, 15) is 5.11 Å². The molecule has 2 aliphatic heterocycles. The van der Waals surface area contributed by atoms with Crippen LogP contribution in [0.25, 0.3) is 0 Å². The maximum atomic E-state index is 9.64. The Morgan fingerprint density at radius 3 is 2.62 bits per heavy atom. The molecule has 2 heterocycles. The molecule has 1 atom stereocenters. The summed E-state index contributed by atoms with van der Waals surface area (Å²) < 4.78 is 10.3. The Bertz CT molecular complexity index is 443. The molecule has 0 saturated carbocycles. The maximum Gasteiger partial charge on any atom is 0.215 e. The summed E-state index contributed by atoms with van der Waals surface area (Å²) >= 11 is 0. The Hall–Kier alpha value is -1.48. The van der Waals surface area contributed by atoms with Crippen molar-refractivity contribution in [3.63, 3.8) is 0 Å². The molecule has 1 unspecified atom stereocenters. The van der Waals surface area contributed by atoms with Gasteiger partial charge >= 0.3 is 0 Å². The van der Waals surface area contributed by atoms with Gasteiger partial charge < -0.3 is 24.4 Å². The van der Waals surface area contributed by atoms with Crippen LogP contribution in [0, 0.1) is 0 Å². The largest absolute Gasteiger partial charge is 0.381 e. The minimum atomic E-state index is -0.839. The molecule has 0 aromatic carbocycles. The Morgan fingerprint density at radius 1 is 1.33 bits per heavy atom. The van der Waals surface area contributed by atoms with Gasteiger partial charge in [0.15, 0.2) is 0 Å². The number of rotatable bonds is 7. The van der Waals surface area contributed by atoms with Crippen molar-refractivity contribution in [1.82, 2.24) is 14.7 Å². The van der Waals surface area contributed by atoms with Crippen molar-refractivity contribution in [2.75, 3.05) is 53.6 Å². The molecule has 2 fully saturated rings. The van der Waals surface area contributed by atoms with Gasteiger partial charge in [0.25, 0.3) is 0 Å². The molecule has 136 valence electrons. The van der Waals surface area contributed by atoms with Gasteiger partial charge in [-0.2, -0.15) is 0 Å². The van der Waals surface area contributed by atoms with Crippen LogP contribution in [0.15, 0.2) is 22.4 Å². The number of aliphatic hydroxyl groups excluding tert-OH is 1. The van der Waals surface area contributed by atoms with E-state index in [4.69, 9.17) is 9.47 Å². The molecule has 8 nitrogen and oxygen atoms in total. The zero-order chi connectivity index (χ0) is 17.4. The number of ether oxygens (including phenoxy) is 2. The lowest BCUT2D eigenvalue weighted by Crippen LogP contribution is -2.50. The van der Waals surface area contributed by atoms with Gasteiger partial charge in [-0.15, -0.1) is 0 Å². The van der Waals surface area contributed by atoms with Crippen LogP contribution in [-0.4, -0.2) is 98.5 Å². The lowest BCUT2D eigenvalue weighted by atomic mass is 10.1. The van der Waals surface area contributed by atoms with Crippen molar-refractivity contribution in [1.29, 1.82) is 0 Å². The number of aliphatic hydroxyl groups is 1. The lowest BCUT2D eigenvalue weighted by molar-refractivity contribution is -0.183. The first-order chi connectivity index (χ1) is 11.6. The van der Waals surface area contributed by atoms with E-state index < -0.39 is 6.41 Å². The van der Waals surface area contributed by atoms with E-state index in [1.54, 1.807) is 6.34 Å². The van der Waals surface area contributed by atoms with Gasteiger partial charge in [-0.25, -0.2) is 9.98 Å². The van der Waals surface area contributed by atoms with Crippen LogP contribution in [0.3, 0.4) is 0 Å². The first-order valence-electron chi connectivity index (χ1n) is 8.36. The van der Waals surface area contributed by atoms with Gasteiger partial charge in [0.2, 0.25) is 6.41 Å². The number of aliphatic imine (C=N–C) groups is 2. The molecule has 0 aliphatic carbocycles. The van der Waals surface area contributed by atoms with E-state index in [0.29, 0.717) is 25.0 Å². The number of hydrogen-bond acceptors (Lipinski definition) is 6. The van der Waals surface area contributed by atoms with Crippen LogP contribution in [0.4, 0.5) is 0 Å². The second kappa shape index (κ2) is 9.73. The molecule has 0 amide bonds. The first kappa shape index (κ1) is 18.9. The molecule has 2 saturated heterocycles. The zero-order valence-corrected chi connectivity index (χ0v) is 14.7. The lowest BCUT2D eigenvalue weighted by Gasteiger charge is -2.37. The third kappa shape index (κ3) is 5.55. The van der Waals surface area contributed by atoms with Gasteiger partial charge in [-0.05, 0) is 12.8 Å². The third-order valence-corrected chi connectivity index (χ3v) is 4.49. The molecule has 8 heteroatoms. The molecule has 2 aliphatic rings. The molecule has 0 aromatic rings. The Morgan fingerprint density at radius 2 is 2.00 bits per heavy atom.